The van der Waals surface area contributed by atoms with Crippen molar-refractivity contribution in [2.24, 2.45) is 11.8 Å². The first kappa shape index (κ1) is 25.2. The van der Waals surface area contributed by atoms with Crippen LogP contribution in [0.4, 0.5) is 0 Å². The molecule has 0 aromatic heterocycles. The van der Waals surface area contributed by atoms with E-state index >= 15 is 0 Å². The molecule has 0 aromatic rings. The molecule has 2 aliphatic carbocycles. The van der Waals surface area contributed by atoms with Crippen molar-refractivity contribution in [3.8, 4) is 0 Å². The molecule has 25 heavy (non-hydrogen) atoms. The van der Waals surface area contributed by atoms with Gasteiger partial charge in [-0.25, -0.2) is 0 Å². The molecule has 136 valence electrons. The Balaban J connectivity index is 0.000000399. The maximum absolute atomic E-state index is 7.83. The zero-order valence-electron chi connectivity index (χ0n) is 15.4. The predicted octanol–water partition coefficient (Wildman–Crippen LogP) is 6.65. The Morgan fingerprint density at radius 3 is 1.24 bits per heavy atom. The summed E-state index contributed by atoms with van der Waals surface area (Å²) in [4.78, 5) is 0. The second-order valence-corrected chi connectivity index (χ2v) is 15.1. The molecule has 0 saturated heterocycles. The summed E-state index contributed by atoms with van der Waals surface area (Å²) in [5.41, 5.74) is 15.7. The fourth-order valence-electron chi connectivity index (χ4n) is 2.20. The quantitative estimate of drug-likeness (QED) is 0.396. The van der Waals surface area contributed by atoms with E-state index in [2.05, 4.69) is 51.2 Å². The van der Waals surface area contributed by atoms with E-state index in [1.165, 1.54) is 12.1 Å². The minimum absolute atomic E-state index is 0.328. The molecule has 0 radical (unpaired) electrons. The van der Waals surface area contributed by atoms with Gasteiger partial charge < -0.3 is 11.5 Å². The summed E-state index contributed by atoms with van der Waals surface area (Å²) in [5, 5.41) is 1.89. The van der Waals surface area contributed by atoms with E-state index in [0.717, 1.165) is 10.6 Å². The first-order valence-corrected chi connectivity index (χ1v) is 19.2. The third-order valence-corrected chi connectivity index (χ3v) is 8.77. The van der Waals surface area contributed by atoms with Crippen molar-refractivity contribution < 1.29 is 20.8 Å². The Kier molecular flexibility index (Phi) is 15.4. The van der Waals surface area contributed by atoms with Gasteiger partial charge in [0.25, 0.3) is 0 Å². The van der Waals surface area contributed by atoms with Crippen molar-refractivity contribution in [3.63, 3.8) is 0 Å². The van der Waals surface area contributed by atoms with Gasteiger partial charge in [-0.15, -0.1) is 0 Å². The second-order valence-electron chi connectivity index (χ2n) is 5.76. The Hall–Kier alpha value is 0.197. The molecule has 7 heteroatoms. The molecular formula is C18H28Cl2N2Si2Zr. The zero-order chi connectivity index (χ0) is 19.2. The van der Waals surface area contributed by atoms with Crippen molar-refractivity contribution in [2.75, 3.05) is 0 Å². The SMILES string of the molecule is CC[Si](C)=C([NH-])C1C=CC=C1.CC[Si](C)=C([NH-])C1C=CC=C1.[Cl][Zr+2][Cl]. The van der Waals surface area contributed by atoms with E-state index in [1.807, 2.05) is 24.3 Å². The predicted molar refractivity (Wildman–Crippen MR) is 118 cm³/mol. The summed E-state index contributed by atoms with van der Waals surface area (Å²) in [6.45, 7) is 8.77. The van der Waals surface area contributed by atoms with E-state index in [4.69, 9.17) is 28.5 Å². The van der Waals surface area contributed by atoms with Crippen molar-refractivity contribution in [1.29, 1.82) is 0 Å². The molecule has 0 heterocycles. The molecule has 0 spiro atoms. The number of allylic oxidation sites excluding steroid dienone is 4. The van der Waals surface area contributed by atoms with Gasteiger partial charge in [0, 0.05) is 0 Å². The van der Waals surface area contributed by atoms with E-state index in [1.54, 1.807) is 0 Å². The molecular weight excluding hydrogens is 463 g/mol. The van der Waals surface area contributed by atoms with Crippen LogP contribution in [0.3, 0.4) is 0 Å². The Morgan fingerprint density at radius 1 is 0.800 bits per heavy atom. The normalized spacial score (nSPS) is 17.2. The summed E-state index contributed by atoms with van der Waals surface area (Å²) in [6.07, 6.45) is 16.5. The molecule has 0 bridgehead atoms. The van der Waals surface area contributed by atoms with Crippen molar-refractivity contribution >= 4 is 44.4 Å². The van der Waals surface area contributed by atoms with E-state index in [9.17, 15) is 0 Å². The van der Waals surface area contributed by atoms with Crippen molar-refractivity contribution in [1.82, 2.24) is 0 Å². The number of halogens is 2. The summed E-state index contributed by atoms with van der Waals surface area (Å²) < 4.78 is 0. The molecule has 0 saturated carbocycles. The monoisotopic (exact) mass is 488 g/mol. The average Bonchev–Trinajstić information content (AvgIpc) is 3.33. The molecule has 0 fully saturated rings. The van der Waals surface area contributed by atoms with Crippen LogP contribution in [-0.2, 0) is 20.8 Å². The minimum atomic E-state index is -0.826. The maximum atomic E-state index is 7.83. The van der Waals surface area contributed by atoms with E-state index in [0.29, 0.717) is 11.8 Å². The van der Waals surface area contributed by atoms with Gasteiger partial charge >= 0.3 is 37.9 Å². The van der Waals surface area contributed by atoms with Crippen molar-refractivity contribution in [2.45, 2.75) is 39.0 Å². The van der Waals surface area contributed by atoms with Gasteiger partial charge in [-0.3, -0.25) is 0 Å². The van der Waals surface area contributed by atoms with Crippen molar-refractivity contribution in [3.05, 3.63) is 60.1 Å². The topological polar surface area (TPSA) is 47.6 Å². The summed E-state index contributed by atoms with van der Waals surface area (Å²) in [6, 6.07) is 2.34. The first-order chi connectivity index (χ1) is 11.9. The Morgan fingerprint density at radius 2 is 1.04 bits per heavy atom. The molecule has 0 aliphatic heterocycles. The summed E-state index contributed by atoms with van der Waals surface area (Å²) in [5.74, 6) is 0.655. The fraction of sp³-hybridized carbons (Fsp3) is 0.444. The Labute approximate surface area is 175 Å². The number of nitrogens with one attached hydrogen (secondary N) is 2. The average molecular weight is 491 g/mol. The van der Waals surface area contributed by atoms with Gasteiger partial charge in [-0.1, -0.05) is 75.5 Å². The molecule has 2 N–H and O–H groups in total. The molecule has 0 aromatic carbocycles. The van der Waals surface area contributed by atoms with Crippen LogP contribution in [0.25, 0.3) is 11.5 Å². The third-order valence-electron chi connectivity index (χ3n) is 4.14. The zero-order valence-corrected chi connectivity index (χ0v) is 21.4. The Bertz CT molecular complexity index is 508. The van der Waals surface area contributed by atoms with Crippen LogP contribution >= 0.6 is 17.0 Å². The van der Waals surface area contributed by atoms with Crippen LogP contribution in [-0.4, -0.2) is 27.4 Å². The molecule has 2 aliphatic rings. The molecule has 0 amide bonds. The van der Waals surface area contributed by atoms with Gasteiger partial charge in [-0.05, 0) is 40.7 Å². The molecule has 0 atom stereocenters. The first-order valence-electron chi connectivity index (χ1n) is 8.41. The fourth-order valence-corrected chi connectivity index (χ4v) is 4.48. The molecule has 2 rings (SSSR count). The molecule has 0 unspecified atom stereocenters. The van der Waals surface area contributed by atoms with Crippen LogP contribution in [0.5, 0.6) is 0 Å². The third kappa shape index (κ3) is 10.2. The van der Waals surface area contributed by atoms with Crippen LogP contribution < -0.4 is 0 Å². The number of hydrogen-bond donors (Lipinski definition) is 0. The van der Waals surface area contributed by atoms with Gasteiger partial charge in [0.05, 0.1) is 0 Å². The van der Waals surface area contributed by atoms with Crippen LogP contribution in [0.1, 0.15) is 13.8 Å². The van der Waals surface area contributed by atoms with Gasteiger partial charge in [0.1, 0.15) is 0 Å². The number of rotatable bonds is 4. The van der Waals surface area contributed by atoms with E-state index < -0.39 is 37.7 Å². The molecule has 2 nitrogen and oxygen atoms in total. The van der Waals surface area contributed by atoms with Crippen LogP contribution in [0.2, 0.25) is 25.2 Å². The van der Waals surface area contributed by atoms with Crippen LogP contribution in [0.15, 0.2) is 48.6 Å². The van der Waals surface area contributed by atoms with E-state index in [-0.39, 0.29) is 0 Å². The second kappa shape index (κ2) is 15.3. The van der Waals surface area contributed by atoms with Crippen LogP contribution in [0, 0.1) is 11.8 Å². The summed E-state index contributed by atoms with van der Waals surface area (Å²) >= 11 is -0.826. The standard InChI is InChI=1S/2C9H14NSi.2ClH.Zr/c2*1-3-11(2)9(10)8-6-4-5-7-8;;;/h2*4-8,10H,3H2,1-2H3;2*1H;/q2*-1;;;+4/p-2. The number of hydrogen-bond acceptors (Lipinski definition) is 0. The summed E-state index contributed by atoms with van der Waals surface area (Å²) in [7, 11) is 8.85. The van der Waals surface area contributed by atoms with Gasteiger partial charge in [-0.2, -0.15) is 10.6 Å². The van der Waals surface area contributed by atoms with Gasteiger partial charge in [0.15, 0.2) is 0 Å². The van der Waals surface area contributed by atoms with Gasteiger partial charge in [0.2, 0.25) is 0 Å².